The molecule has 81 valence electrons. The molecule has 0 saturated carbocycles. The van der Waals surface area contributed by atoms with E-state index in [0.717, 1.165) is 11.5 Å². The number of hydrogen-bond donors (Lipinski definition) is 0. The second-order valence-corrected chi connectivity index (χ2v) is 3.22. The third-order valence-corrected chi connectivity index (χ3v) is 2.02. The number of para-hydroxylation sites is 2. The van der Waals surface area contributed by atoms with E-state index in [-0.39, 0.29) is 0 Å². The van der Waals surface area contributed by atoms with Crippen molar-refractivity contribution in [2.75, 3.05) is 6.61 Å². The second kappa shape index (κ2) is 5.81. The van der Waals surface area contributed by atoms with E-state index in [2.05, 4.69) is 0 Å². The van der Waals surface area contributed by atoms with Gasteiger partial charge in [0.2, 0.25) is 0 Å². The number of ether oxygens (including phenoxy) is 2. The van der Waals surface area contributed by atoms with Gasteiger partial charge in [-0.1, -0.05) is 36.4 Å². The molecular formula is C14H13O2. The SMILES string of the molecule is [CH](COc1ccccc1)Oc1ccccc1. The zero-order valence-electron chi connectivity index (χ0n) is 8.87. The van der Waals surface area contributed by atoms with Gasteiger partial charge in [0.05, 0.1) is 0 Å². The van der Waals surface area contributed by atoms with Gasteiger partial charge in [0.15, 0.2) is 6.61 Å². The molecule has 0 atom stereocenters. The van der Waals surface area contributed by atoms with Crippen LogP contribution in [0.3, 0.4) is 0 Å². The van der Waals surface area contributed by atoms with Crippen LogP contribution in [-0.4, -0.2) is 6.61 Å². The van der Waals surface area contributed by atoms with Crippen molar-refractivity contribution in [1.29, 1.82) is 0 Å². The molecular weight excluding hydrogens is 200 g/mol. The minimum Gasteiger partial charge on any atom is -0.490 e. The highest BCUT2D eigenvalue weighted by atomic mass is 16.5. The van der Waals surface area contributed by atoms with Crippen molar-refractivity contribution < 1.29 is 9.47 Å². The Hall–Kier alpha value is -1.96. The topological polar surface area (TPSA) is 18.5 Å². The molecule has 2 heteroatoms. The monoisotopic (exact) mass is 213 g/mol. The first-order valence-electron chi connectivity index (χ1n) is 5.16. The van der Waals surface area contributed by atoms with Gasteiger partial charge < -0.3 is 9.47 Å². The average molecular weight is 213 g/mol. The molecule has 0 aliphatic rings. The Bertz CT molecular complexity index is 356. The standard InChI is InChI=1S/C14H13O2/c1-3-7-13(8-4-1)15-11-12-16-14-9-5-2-6-10-14/h1-11H,12H2. The quantitative estimate of drug-likeness (QED) is 0.709. The lowest BCUT2D eigenvalue weighted by Gasteiger charge is -2.06. The third-order valence-electron chi connectivity index (χ3n) is 2.02. The maximum Gasteiger partial charge on any atom is 0.172 e. The molecule has 0 unspecified atom stereocenters. The molecule has 0 heterocycles. The zero-order valence-corrected chi connectivity index (χ0v) is 8.87. The lowest BCUT2D eigenvalue weighted by Crippen LogP contribution is -2.02. The molecule has 0 aromatic heterocycles. The Morgan fingerprint density at radius 1 is 0.750 bits per heavy atom. The van der Waals surface area contributed by atoms with Crippen molar-refractivity contribution >= 4 is 0 Å². The Balaban J connectivity index is 1.70. The minimum atomic E-state index is 0.429. The molecule has 0 amide bonds. The molecule has 2 aromatic carbocycles. The van der Waals surface area contributed by atoms with Gasteiger partial charge in [-0.2, -0.15) is 0 Å². The first-order valence-corrected chi connectivity index (χ1v) is 5.16. The molecule has 2 nitrogen and oxygen atoms in total. The summed E-state index contributed by atoms with van der Waals surface area (Å²) in [5.74, 6) is 1.66. The fourth-order valence-corrected chi connectivity index (χ4v) is 1.28. The van der Waals surface area contributed by atoms with Gasteiger partial charge in [0, 0.05) is 0 Å². The molecule has 2 rings (SSSR count). The highest BCUT2D eigenvalue weighted by molar-refractivity contribution is 5.22. The summed E-state index contributed by atoms with van der Waals surface area (Å²) in [6.45, 7) is 2.07. The molecule has 0 saturated heterocycles. The Morgan fingerprint density at radius 2 is 1.31 bits per heavy atom. The molecule has 1 radical (unpaired) electrons. The molecule has 0 spiro atoms. The maximum atomic E-state index is 5.45. The summed E-state index contributed by atoms with van der Waals surface area (Å²) in [5, 5.41) is 0. The molecule has 0 aliphatic heterocycles. The van der Waals surface area contributed by atoms with Crippen molar-refractivity contribution in [3.05, 3.63) is 67.3 Å². The highest BCUT2D eigenvalue weighted by Gasteiger charge is 1.94. The van der Waals surface area contributed by atoms with E-state index in [1.54, 1.807) is 6.61 Å². The van der Waals surface area contributed by atoms with Crippen LogP contribution in [-0.2, 0) is 0 Å². The summed E-state index contributed by atoms with van der Waals surface area (Å²) >= 11 is 0. The van der Waals surface area contributed by atoms with Gasteiger partial charge in [0.1, 0.15) is 18.1 Å². The highest BCUT2D eigenvalue weighted by Crippen LogP contribution is 2.11. The van der Waals surface area contributed by atoms with Gasteiger partial charge in [-0.15, -0.1) is 0 Å². The third kappa shape index (κ3) is 3.31. The average Bonchev–Trinajstić information content (AvgIpc) is 2.37. The molecule has 0 aliphatic carbocycles. The van der Waals surface area contributed by atoms with Crippen LogP contribution in [0.5, 0.6) is 11.5 Å². The Morgan fingerprint density at radius 3 is 1.94 bits per heavy atom. The van der Waals surface area contributed by atoms with E-state index in [9.17, 15) is 0 Å². The predicted molar refractivity (Wildman–Crippen MR) is 63.3 cm³/mol. The van der Waals surface area contributed by atoms with Crippen LogP contribution in [0.25, 0.3) is 0 Å². The molecule has 0 bridgehead atoms. The van der Waals surface area contributed by atoms with Crippen LogP contribution in [0, 0.1) is 6.61 Å². The largest absolute Gasteiger partial charge is 0.490 e. The predicted octanol–water partition coefficient (Wildman–Crippen LogP) is 3.31. The fraction of sp³-hybridized carbons (Fsp3) is 0.0714. The summed E-state index contributed by atoms with van der Waals surface area (Å²) in [6, 6.07) is 19.3. The van der Waals surface area contributed by atoms with E-state index in [1.807, 2.05) is 60.7 Å². The van der Waals surface area contributed by atoms with Gasteiger partial charge in [0.25, 0.3) is 0 Å². The molecule has 16 heavy (non-hydrogen) atoms. The van der Waals surface area contributed by atoms with Crippen molar-refractivity contribution in [1.82, 2.24) is 0 Å². The van der Waals surface area contributed by atoms with Crippen LogP contribution in [0.1, 0.15) is 0 Å². The summed E-state index contributed by atoms with van der Waals surface area (Å²) in [6.07, 6.45) is 0. The molecule has 0 N–H and O–H groups in total. The van der Waals surface area contributed by atoms with Crippen molar-refractivity contribution in [3.63, 3.8) is 0 Å². The van der Waals surface area contributed by atoms with Crippen molar-refractivity contribution in [3.8, 4) is 11.5 Å². The van der Waals surface area contributed by atoms with Gasteiger partial charge in [-0.3, -0.25) is 0 Å². The summed E-state index contributed by atoms with van der Waals surface area (Å²) in [7, 11) is 0. The van der Waals surface area contributed by atoms with Crippen LogP contribution in [0.15, 0.2) is 60.7 Å². The van der Waals surface area contributed by atoms with Crippen LogP contribution < -0.4 is 9.47 Å². The normalized spacial score (nSPS) is 9.75. The summed E-state index contributed by atoms with van der Waals surface area (Å²) in [4.78, 5) is 0. The second-order valence-electron chi connectivity index (χ2n) is 3.22. The van der Waals surface area contributed by atoms with Gasteiger partial charge in [-0.05, 0) is 24.3 Å². The lowest BCUT2D eigenvalue weighted by atomic mass is 10.3. The van der Waals surface area contributed by atoms with E-state index < -0.39 is 0 Å². The maximum absolute atomic E-state index is 5.45. The van der Waals surface area contributed by atoms with Crippen molar-refractivity contribution in [2.45, 2.75) is 0 Å². The number of rotatable bonds is 5. The van der Waals surface area contributed by atoms with Crippen LogP contribution >= 0.6 is 0 Å². The van der Waals surface area contributed by atoms with Crippen LogP contribution in [0.4, 0.5) is 0 Å². The zero-order chi connectivity index (χ0) is 11.1. The Labute approximate surface area is 95.4 Å². The number of hydrogen-bond acceptors (Lipinski definition) is 2. The number of benzene rings is 2. The van der Waals surface area contributed by atoms with Gasteiger partial charge >= 0.3 is 0 Å². The molecule has 0 fully saturated rings. The Kier molecular flexibility index (Phi) is 3.83. The first-order chi connectivity index (χ1) is 7.95. The summed E-state index contributed by atoms with van der Waals surface area (Å²) < 4.78 is 10.8. The summed E-state index contributed by atoms with van der Waals surface area (Å²) in [5.41, 5.74) is 0. The molecule has 2 aromatic rings. The lowest BCUT2D eigenvalue weighted by molar-refractivity contribution is 0.272. The first kappa shape index (κ1) is 10.6. The van der Waals surface area contributed by atoms with E-state index in [4.69, 9.17) is 9.47 Å². The van der Waals surface area contributed by atoms with Crippen LogP contribution in [0.2, 0.25) is 0 Å². The van der Waals surface area contributed by atoms with Gasteiger partial charge in [-0.25, -0.2) is 0 Å². The van der Waals surface area contributed by atoms with E-state index in [0.29, 0.717) is 6.61 Å². The van der Waals surface area contributed by atoms with Crippen molar-refractivity contribution in [2.24, 2.45) is 0 Å². The smallest absolute Gasteiger partial charge is 0.172 e. The van der Waals surface area contributed by atoms with E-state index >= 15 is 0 Å². The van der Waals surface area contributed by atoms with E-state index in [1.165, 1.54) is 0 Å². The fourth-order valence-electron chi connectivity index (χ4n) is 1.28. The minimum absolute atomic E-state index is 0.429.